The maximum Gasteiger partial charge on any atom is 0.264 e. The first-order valence-corrected chi connectivity index (χ1v) is 16.3. The lowest BCUT2D eigenvalue weighted by molar-refractivity contribution is -0.140. The van der Waals surface area contributed by atoms with Crippen LogP contribution in [-0.2, 0) is 32.6 Å². The number of aryl methyl sites for hydroxylation is 3. The van der Waals surface area contributed by atoms with Gasteiger partial charge in [0.25, 0.3) is 10.0 Å². The Hall–Kier alpha value is -4.14. The van der Waals surface area contributed by atoms with Gasteiger partial charge in [-0.2, -0.15) is 0 Å². The van der Waals surface area contributed by atoms with Crippen LogP contribution in [0.2, 0.25) is 5.02 Å². The van der Waals surface area contributed by atoms with E-state index in [1.54, 1.807) is 54.6 Å². The molecule has 7 nitrogen and oxygen atoms in total. The lowest BCUT2D eigenvalue weighted by Gasteiger charge is -2.34. The first kappa shape index (κ1) is 32.8. The molecule has 44 heavy (non-hydrogen) atoms. The second-order valence-electron chi connectivity index (χ2n) is 10.9. The van der Waals surface area contributed by atoms with E-state index in [9.17, 15) is 18.0 Å². The number of benzene rings is 4. The molecule has 4 rings (SSSR count). The number of amides is 2. The van der Waals surface area contributed by atoms with Crippen LogP contribution in [0.3, 0.4) is 0 Å². The van der Waals surface area contributed by atoms with Crippen LogP contribution in [0.5, 0.6) is 0 Å². The molecule has 0 bridgehead atoms. The van der Waals surface area contributed by atoms with E-state index in [2.05, 4.69) is 5.32 Å². The van der Waals surface area contributed by atoms with Crippen molar-refractivity contribution >= 4 is 39.1 Å². The van der Waals surface area contributed by atoms with Crippen molar-refractivity contribution in [3.05, 3.63) is 130 Å². The highest BCUT2D eigenvalue weighted by Crippen LogP contribution is 2.29. The topological polar surface area (TPSA) is 86.8 Å². The third kappa shape index (κ3) is 8.07. The van der Waals surface area contributed by atoms with Crippen molar-refractivity contribution in [3.63, 3.8) is 0 Å². The number of likely N-dealkylation sites (N-methyl/N-ethyl adjacent to an activating group) is 1. The number of nitrogens with one attached hydrogen (secondary N) is 1. The van der Waals surface area contributed by atoms with Gasteiger partial charge in [0.1, 0.15) is 12.6 Å². The zero-order valence-corrected chi connectivity index (χ0v) is 27.0. The molecule has 0 aliphatic carbocycles. The van der Waals surface area contributed by atoms with Crippen LogP contribution in [0.4, 0.5) is 5.69 Å². The lowest BCUT2D eigenvalue weighted by atomic mass is 10.0. The summed E-state index contributed by atoms with van der Waals surface area (Å²) in [6, 6.07) is 27.7. The molecule has 4 aromatic rings. The normalized spacial score (nSPS) is 11.9. The minimum atomic E-state index is -4.16. The van der Waals surface area contributed by atoms with Crippen molar-refractivity contribution in [2.24, 2.45) is 0 Å². The van der Waals surface area contributed by atoms with E-state index in [1.165, 1.54) is 4.90 Å². The summed E-state index contributed by atoms with van der Waals surface area (Å²) >= 11 is 6.14. The molecule has 1 N–H and O–H groups in total. The van der Waals surface area contributed by atoms with Gasteiger partial charge in [0.05, 0.1) is 10.6 Å². The summed E-state index contributed by atoms with van der Waals surface area (Å²) in [4.78, 5) is 29.6. The van der Waals surface area contributed by atoms with Gasteiger partial charge in [-0.3, -0.25) is 13.9 Å². The van der Waals surface area contributed by atoms with E-state index >= 15 is 0 Å². The molecule has 0 aromatic heterocycles. The van der Waals surface area contributed by atoms with Gasteiger partial charge in [-0.05, 0) is 80.3 Å². The maximum absolute atomic E-state index is 14.5. The van der Waals surface area contributed by atoms with Gasteiger partial charge in [-0.25, -0.2) is 8.42 Å². The molecule has 0 saturated carbocycles. The Balaban J connectivity index is 1.82. The number of rotatable bonds is 12. The van der Waals surface area contributed by atoms with Crippen molar-refractivity contribution in [3.8, 4) is 0 Å². The Kier molecular flexibility index (Phi) is 10.8. The second kappa shape index (κ2) is 14.6. The van der Waals surface area contributed by atoms with Crippen molar-refractivity contribution in [2.75, 3.05) is 17.4 Å². The van der Waals surface area contributed by atoms with Gasteiger partial charge in [0.2, 0.25) is 11.8 Å². The van der Waals surface area contributed by atoms with E-state index < -0.39 is 28.5 Å². The van der Waals surface area contributed by atoms with Crippen LogP contribution in [0, 0.1) is 20.8 Å². The molecule has 0 aliphatic rings. The summed E-state index contributed by atoms with van der Waals surface area (Å²) in [5.41, 5.74) is 4.50. The fourth-order valence-electron chi connectivity index (χ4n) is 4.97. The third-order valence-electron chi connectivity index (χ3n) is 7.41. The average molecular weight is 632 g/mol. The van der Waals surface area contributed by atoms with E-state index in [0.29, 0.717) is 22.8 Å². The second-order valence-corrected chi connectivity index (χ2v) is 13.2. The molecular weight excluding hydrogens is 594 g/mol. The molecule has 2 amide bonds. The molecular formula is C35H38ClN3O4S. The number of halogens is 1. The van der Waals surface area contributed by atoms with Gasteiger partial charge < -0.3 is 10.2 Å². The highest BCUT2D eigenvalue weighted by Gasteiger charge is 2.35. The van der Waals surface area contributed by atoms with Crippen molar-refractivity contribution in [1.82, 2.24) is 10.2 Å². The maximum atomic E-state index is 14.5. The van der Waals surface area contributed by atoms with E-state index in [-0.39, 0.29) is 23.8 Å². The summed E-state index contributed by atoms with van der Waals surface area (Å²) in [6.07, 6.45) is 0.250. The quantitative estimate of drug-likeness (QED) is 0.201. The minimum absolute atomic E-state index is 0.0746. The van der Waals surface area contributed by atoms with Crippen LogP contribution in [-0.4, -0.2) is 44.3 Å². The van der Waals surface area contributed by atoms with E-state index in [1.807, 2.05) is 70.2 Å². The predicted octanol–water partition coefficient (Wildman–Crippen LogP) is 6.24. The summed E-state index contributed by atoms with van der Waals surface area (Å²) in [7, 11) is -4.16. The number of carbonyl (C=O) groups excluding carboxylic acids is 2. The van der Waals surface area contributed by atoms with Crippen molar-refractivity contribution in [2.45, 2.75) is 51.6 Å². The van der Waals surface area contributed by atoms with Crippen LogP contribution in [0.25, 0.3) is 0 Å². The molecule has 0 unspecified atom stereocenters. The van der Waals surface area contributed by atoms with Crippen molar-refractivity contribution in [1.29, 1.82) is 0 Å². The fraction of sp³-hybridized carbons (Fsp3) is 0.257. The molecule has 0 heterocycles. The van der Waals surface area contributed by atoms with E-state index in [4.69, 9.17) is 11.6 Å². The minimum Gasteiger partial charge on any atom is -0.355 e. The largest absolute Gasteiger partial charge is 0.355 e. The summed E-state index contributed by atoms with van der Waals surface area (Å²) in [6.45, 7) is 7.34. The first-order chi connectivity index (χ1) is 21.0. The molecule has 1 atom stereocenters. The van der Waals surface area contributed by atoms with Crippen LogP contribution in [0.15, 0.2) is 102 Å². The van der Waals surface area contributed by atoms with Crippen LogP contribution < -0.4 is 9.62 Å². The first-order valence-electron chi connectivity index (χ1n) is 14.5. The Labute approximate surface area is 265 Å². The number of hydrogen-bond acceptors (Lipinski definition) is 4. The number of nitrogens with zero attached hydrogens (tertiary/aromatic N) is 2. The summed E-state index contributed by atoms with van der Waals surface area (Å²) in [5.74, 6) is -0.831. The third-order valence-corrected chi connectivity index (χ3v) is 9.44. The van der Waals surface area contributed by atoms with Gasteiger partial charge >= 0.3 is 0 Å². The van der Waals surface area contributed by atoms with Crippen LogP contribution >= 0.6 is 11.6 Å². The van der Waals surface area contributed by atoms with Gasteiger partial charge in [0, 0.05) is 24.5 Å². The molecule has 0 saturated heterocycles. The zero-order chi connectivity index (χ0) is 31.9. The smallest absolute Gasteiger partial charge is 0.264 e. The Morgan fingerprint density at radius 1 is 0.818 bits per heavy atom. The Morgan fingerprint density at radius 2 is 1.45 bits per heavy atom. The fourth-order valence-corrected chi connectivity index (χ4v) is 6.57. The Bertz CT molecular complexity index is 1690. The number of sulfonamides is 1. The predicted molar refractivity (Wildman–Crippen MR) is 176 cm³/mol. The van der Waals surface area contributed by atoms with Gasteiger partial charge in [0.15, 0.2) is 0 Å². The number of carbonyl (C=O) groups is 2. The molecule has 4 aromatic carbocycles. The molecule has 0 radical (unpaired) electrons. The van der Waals surface area contributed by atoms with Gasteiger partial charge in [-0.15, -0.1) is 0 Å². The SMILES string of the molecule is CCNC(=O)[C@H](Cc1ccccc1)N(Cc1ccc(Cl)cc1)C(=O)CN(c1cc(C)ccc1C)S(=O)(=O)c1ccc(C)cc1. The zero-order valence-electron chi connectivity index (χ0n) is 25.5. The van der Waals surface area contributed by atoms with Crippen LogP contribution in [0.1, 0.15) is 34.7 Å². The van der Waals surface area contributed by atoms with E-state index in [0.717, 1.165) is 26.6 Å². The highest BCUT2D eigenvalue weighted by atomic mass is 35.5. The highest BCUT2D eigenvalue weighted by molar-refractivity contribution is 7.92. The molecule has 9 heteroatoms. The molecule has 0 aliphatic heterocycles. The van der Waals surface area contributed by atoms with Crippen molar-refractivity contribution < 1.29 is 18.0 Å². The summed E-state index contributed by atoms with van der Waals surface area (Å²) in [5, 5.41) is 3.42. The number of anilines is 1. The molecule has 0 fully saturated rings. The molecule has 0 spiro atoms. The van der Waals surface area contributed by atoms with Gasteiger partial charge in [-0.1, -0.05) is 83.9 Å². The summed E-state index contributed by atoms with van der Waals surface area (Å²) < 4.78 is 29.6. The lowest BCUT2D eigenvalue weighted by Crippen LogP contribution is -2.53. The Morgan fingerprint density at radius 3 is 2.09 bits per heavy atom. The monoisotopic (exact) mass is 631 g/mol. The standard InChI is InChI=1S/C35H38ClN3O4S/c1-5-37-35(41)33(22-28-9-7-6-8-10-28)38(23-29-15-17-30(36)18-16-29)34(40)24-39(32-21-26(3)11-14-27(32)4)44(42,43)31-19-12-25(2)13-20-31/h6-21,33H,5,22-24H2,1-4H3,(H,37,41)/t33-/m0/s1. The molecule has 230 valence electrons. The number of hydrogen-bond donors (Lipinski definition) is 1. The average Bonchev–Trinajstić information content (AvgIpc) is 3.00.